The van der Waals surface area contributed by atoms with Crippen molar-refractivity contribution in [3.8, 4) is 23.0 Å². The molecule has 0 amide bonds. The number of carbonyl (C=O) groups excluding carboxylic acids is 3. The number of esters is 3. The molecule has 2 aromatic rings. The lowest BCUT2D eigenvalue weighted by Crippen LogP contribution is -2.30. The number of ether oxygens (including phenoxy) is 9. The van der Waals surface area contributed by atoms with Gasteiger partial charge in [-0.2, -0.15) is 0 Å². The van der Waals surface area contributed by atoms with Crippen LogP contribution in [-0.2, 0) is 38.1 Å². The summed E-state index contributed by atoms with van der Waals surface area (Å²) in [5, 5.41) is 9.67. The van der Waals surface area contributed by atoms with E-state index in [0.717, 1.165) is 33.8 Å². The van der Waals surface area contributed by atoms with E-state index in [4.69, 9.17) is 42.6 Å². The molecule has 1 N–H and O–H groups in total. The molecule has 2 saturated heterocycles. The average Bonchev–Trinajstić information content (AvgIpc) is 3.85. The number of rotatable bonds is 7. The third kappa shape index (κ3) is 5.22. The third-order valence-corrected chi connectivity index (χ3v) is 9.27. The predicted octanol–water partition coefficient (Wildman–Crippen LogP) is 3.23. The van der Waals surface area contributed by atoms with E-state index in [1.54, 1.807) is 0 Å². The highest BCUT2D eigenvalue weighted by molar-refractivity contribution is 5.66. The third-order valence-electron chi connectivity index (χ3n) is 9.27. The Kier molecular flexibility index (Phi) is 7.70. The van der Waals surface area contributed by atoms with Crippen molar-refractivity contribution in [2.75, 3.05) is 40.0 Å². The van der Waals surface area contributed by atoms with Gasteiger partial charge in [0.25, 0.3) is 0 Å². The van der Waals surface area contributed by atoms with Crippen molar-refractivity contribution in [2.24, 2.45) is 23.7 Å². The van der Waals surface area contributed by atoms with E-state index in [0.29, 0.717) is 11.5 Å². The van der Waals surface area contributed by atoms with Crippen LogP contribution in [0.25, 0.3) is 0 Å². The maximum Gasteiger partial charge on any atom is 0.302 e. The summed E-state index contributed by atoms with van der Waals surface area (Å²) in [6.07, 6.45) is -0.764. The van der Waals surface area contributed by atoms with Crippen LogP contribution < -0.4 is 18.9 Å². The van der Waals surface area contributed by atoms with E-state index in [1.165, 1.54) is 20.8 Å². The lowest BCUT2D eigenvalue weighted by atomic mass is 9.76. The smallest absolute Gasteiger partial charge is 0.302 e. The van der Waals surface area contributed by atoms with Crippen LogP contribution in [0.3, 0.4) is 0 Å². The van der Waals surface area contributed by atoms with Crippen LogP contribution in [0.5, 0.6) is 23.0 Å². The second kappa shape index (κ2) is 11.7. The molecule has 0 spiro atoms. The Morgan fingerprint density at radius 1 is 0.578 bits per heavy atom. The molecule has 0 aromatic heterocycles. The maximum atomic E-state index is 11.2. The highest BCUT2D eigenvalue weighted by Gasteiger charge is 2.54. The molecule has 6 aliphatic heterocycles. The van der Waals surface area contributed by atoms with E-state index in [2.05, 4.69) is 0 Å². The van der Waals surface area contributed by atoms with Gasteiger partial charge in [-0.05, 0) is 46.5 Å². The van der Waals surface area contributed by atoms with Crippen LogP contribution in [0.1, 0.15) is 67.4 Å². The molecule has 2 fully saturated rings. The Hall–Kier alpha value is -4.07. The molecule has 6 aliphatic rings. The fraction of sp³-hybridized carbons (Fsp3) is 0.531. The van der Waals surface area contributed by atoms with Gasteiger partial charge < -0.3 is 47.7 Å². The van der Waals surface area contributed by atoms with Gasteiger partial charge in [0.1, 0.15) is 0 Å². The molecule has 0 unspecified atom stereocenters. The lowest BCUT2D eigenvalue weighted by Gasteiger charge is -2.28. The Morgan fingerprint density at radius 2 is 0.867 bits per heavy atom. The molecular weight excluding hydrogens is 592 g/mol. The summed E-state index contributed by atoms with van der Waals surface area (Å²) in [5.41, 5.74) is 4.15. The first kappa shape index (κ1) is 29.6. The fourth-order valence-electron chi connectivity index (χ4n) is 7.27. The van der Waals surface area contributed by atoms with Crippen LogP contribution in [0, 0.1) is 23.7 Å². The van der Waals surface area contributed by atoms with E-state index < -0.39 is 0 Å². The molecule has 0 aliphatic carbocycles. The molecule has 4 bridgehead atoms. The van der Waals surface area contributed by atoms with Crippen LogP contribution >= 0.6 is 0 Å². The lowest BCUT2D eigenvalue weighted by molar-refractivity contribution is -0.146. The average molecular weight is 627 g/mol. The van der Waals surface area contributed by atoms with Crippen LogP contribution in [0.4, 0.5) is 0 Å². The van der Waals surface area contributed by atoms with Crippen molar-refractivity contribution >= 4 is 17.9 Å². The highest BCUT2D eigenvalue weighted by Crippen LogP contribution is 2.60. The minimum Gasteiger partial charge on any atom is -0.465 e. The Morgan fingerprint density at radius 3 is 1.16 bits per heavy atom. The zero-order chi connectivity index (χ0) is 31.4. The van der Waals surface area contributed by atoms with E-state index >= 15 is 0 Å². The largest absolute Gasteiger partial charge is 0.465 e. The van der Waals surface area contributed by atoms with E-state index in [-0.39, 0.29) is 106 Å². The SMILES string of the molecule is CC(=O)OC[C@@H]1[C@H](CO)[C@H]2O[C@@H]1c1cc3c(cc12)OCO3.CC(=O)OC[C@@H]1[C@H](COC(C)=O)[C@H]2O[C@@H]1c1cc3c(cc12)OCO3. The summed E-state index contributed by atoms with van der Waals surface area (Å²) in [6, 6.07) is 7.75. The molecule has 8 rings (SSSR count). The molecule has 2 aromatic carbocycles. The molecule has 8 atom stereocenters. The second-order valence-electron chi connectivity index (χ2n) is 11.9. The number of fused-ring (bicyclic) bond motifs is 12. The van der Waals surface area contributed by atoms with Crippen molar-refractivity contribution < 1.29 is 62.1 Å². The number of benzene rings is 2. The fourth-order valence-corrected chi connectivity index (χ4v) is 7.27. The van der Waals surface area contributed by atoms with Crippen LogP contribution in [0.15, 0.2) is 24.3 Å². The first-order chi connectivity index (χ1) is 21.7. The van der Waals surface area contributed by atoms with Crippen LogP contribution in [0.2, 0.25) is 0 Å². The van der Waals surface area contributed by atoms with Crippen molar-refractivity contribution in [1.29, 1.82) is 0 Å². The quantitative estimate of drug-likeness (QED) is 0.354. The van der Waals surface area contributed by atoms with Crippen molar-refractivity contribution in [3.63, 3.8) is 0 Å². The van der Waals surface area contributed by atoms with Gasteiger partial charge in [-0.3, -0.25) is 14.4 Å². The van der Waals surface area contributed by atoms with Gasteiger partial charge in [0, 0.05) is 51.0 Å². The summed E-state index contributed by atoms with van der Waals surface area (Å²) in [4.78, 5) is 33.4. The molecule has 45 heavy (non-hydrogen) atoms. The van der Waals surface area contributed by atoms with Gasteiger partial charge in [0.05, 0.1) is 44.2 Å². The van der Waals surface area contributed by atoms with Gasteiger partial charge >= 0.3 is 17.9 Å². The topological polar surface area (TPSA) is 155 Å². The highest BCUT2D eigenvalue weighted by atomic mass is 16.7. The Bertz CT molecular complexity index is 1460. The van der Waals surface area contributed by atoms with Crippen molar-refractivity contribution in [2.45, 2.75) is 45.2 Å². The van der Waals surface area contributed by atoms with Gasteiger partial charge in [-0.15, -0.1) is 0 Å². The number of hydrogen-bond acceptors (Lipinski definition) is 13. The predicted molar refractivity (Wildman–Crippen MR) is 149 cm³/mol. The summed E-state index contributed by atoms with van der Waals surface area (Å²) < 4.78 is 49.4. The molecular formula is C32H34O13. The molecule has 0 saturated carbocycles. The minimum atomic E-state index is -0.338. The molecule has 13 heteroatoms. The van der Waals surface area contributed by atoms with Crippen molar-refractivity contribution in [3.05, 3.63) is 46.5 Å². The number of hydrogen-bond donors (Lipinski definition) is 1. The maximum absolute atomic E-state index is 11.2. The molecule has 6 heterocycles. The number of carbonyl (C=O) groups is 3. The molecule has 240 valence electrons. The van der Waals surface area contributed by atoms with Crippen molar-refractivity contribution in [1.82, 2.24) is 0 Å². The van der Waals surface area contributed by atoms with E-state index in [1.807, 2.05) is 24.3 Å². The zero-order valence-corrected chi connectivity index (χ0v) is 25.0. The normalized spacial score (nSPS) is 29.9. The standard InChI is InChI=1S/C17H18O7.C15H16O6/c1-8(18)20-5-12-13(6-21-9(2)19)17-11-4-15-14(22-7-23-15)3-10(11)16(12)24-17;1-7(17)18-5-11-10(4-16)14-8-2-12-13(20-6-19-12)3-9(8)15(11)21-14/h3-4,12-13,16-17H,5-7H2,1-2H3;2-3,10-11,14-16H,4-6H2,1H3/t12-,13+,16-,17+;10-,11+,14-,15+/m.0/s1. The molecule has 0 radical (unpaired) electrons. The second-order valence-corrected chi connectivity index (χ2v) is 11.9. The summed E-state index contributed by atoms with van der Waals surface area (Å²) >= 11 is 0. The summed E-state index contributed by atoms with van der Waals surface area (Å²) in [6.45, 7) is 5.30. The monoisotopic (exact) mass is 626 g/mol. The van der Waals surface area contributed by atoms with Gasteiger partial charge in [-0.1, -0.05) is 0 Å². The molecule has 13 nitrogen and oxygen atoms in total. The van der Waals surface area contributed by atoms with Gasteiger partial charge in [0.2, 0.25) is 13.6 Å². The minimum absolute atomic E-state index is 0.000972. The first-order valence-corrected chi connectivity index (χ1v) is 14.9. The Labute approximate surface area is 258 Å². The summed E-state index contributed by atoms with van der Waals surface area (Å²) in [5.74, 6) is 1.62. The Balaban J connectivity index is 0.000000146. The number of aliphatic hydroxyl groups excluding tert-OH is 1. The summed E-state index contributed by atoms with van der Waals surface area (Å²) in [7, 11) is 0. The first-order valence-electron chi connectivity index (χ1n) is 14.9. The van der Waals surface area contributed by atoms with Gasteiger partial charge in [-0.25, -0.2) is 0 Å². The van der Waals surface area contributed by atoms with E-state index in [9.17, 15) is 19.5 Å². The van der Waals surface area contributed by atoms with Crippen LogP contribution in [-0.4, -0.2) is 63.0 Å². The van der Waals surface area contributed by atoms with Gasteiger partial charge in [0.15, 0.2) is 23.0 Å². The number of aliphatic hydroxyl groups is 1. The zero-order valence-electron chi connectivity index (χ0n) is 25.0.